The van der Waals surface area contributed by atoms with Gasteiger partial charge in [0.05, 0.1) is 28.0 Å². The molecule has 0 saturated heterocycles. The molecule has 1 aromatic heterocycles. The zero-order chi connectivity index (χ0) is 29.8. The van der Waals surface area contributed by atoms with Gasteiger partial charge in [-0.25, -0.2) is 13.2 Å². The van der Waals surface area contributed by atoms with E-state index in [1.165, 1.54) is 12.1 Å². The third-order valence-corrected chi connectivity index (χ3v) is 7.84. The number of fused-ring (bicyclic) bond motifs is 1. The van der Waals surface area contributed by atoms with Crippen molar-refractivity contribution in [3.05, 3.63) is 64.3 Å². The lowest BCUT2D eigenvalue weighted by Gasteiger charge is -2.19. The molecule has 0 radical (unpaired) electrons. The van der Waals surface area contributed by atoms with E-state index in [-0.39, 0.29) is 24.0 Å². The Morgan fingerprint density at radius 1 is 1.07 bits per heavy atom. The number of hydrogen-bond donors (Lipinski definition) is 2. The molecule has 2 aromatic carbocycles. The second-order valence-corrected chi connectivity index (χ2v) is 12.8. The van der Waals surface area contributed by atoms with Crippen LogP contribution in [0.3, 0.4) is 0 Å². The summed E-state index contributed by atoms with van der Waals surface area (Å²) >= 11 is 6.36. The van der Waals surface area contributed by atoms with E-state index in [9.17, 15) is 22.8 Å². The number of carbonyl (C=O) groups excluding carboxylic acids is 3. The van der Waals surface area contributed by atoms with E-state index in [1.807, 2.05) is 19.1 Å². The van der Waals surface area contributed by atoms with Crippen LogP contribution in [0.1, 0.15) is 55.4 Å². The van der Waals surface area contributed by atoms with Crippen molar-refractivity contribution < 1.29 is 32.3 Å². The third kappa shape index (κ3) is 7.98. The Balaban J connectivity index is 1.56. The van der Waals surface area contributed by atoms with Gasteiger partial charge >= 0.3 is 12.1 Å². The van der Waals surface area contributed by atoms with Crippen LogP contribution >= 0.6 is 11.6 Å². The average Bonchev–Trinajstić information content (AvgIpc) is 3.17. The molecule has 2 amide bonds. The van der Waals surface area contributed by atoms with Crippen LogP contribution in [0, 0.1) is 6.92 Å². The van der Waals surface area contributed by atoms with Crippen LogP contribution in [-0.4, -0.2) is 55.5 Å². The summed E-state index contributed by atoms with van der Waals surface area (Å²) in [6.45, 7) is 8.62. The maximum Gasteiger partial charge on any atom is 0.407 e. The summed E-state index contributed by atoms with van der Waals surface area (Å²) in [7, 11) is -2.17. The van der Waals surface area contributed by atoms with Crippen molar-refractivity contribution in [2.24, 2.45) is 7.05 Å². The van der Waals surface area contributed by atoms with Crippen LogP contribution < -0.4 is 10.6 Å². The topological polar surface area (TPSA) is 133 Å². The molecule has 1 atom stereocenters. The minimum Gasteiger partial charge on any atom is -0.463 e. The number of esters is 1. The molecule has 0 spiro atoms. The van der Waals surface area contributed by atoms with Crippen LogP contribution in [0.15, 0.2) is 47.4 Å². The Morgan fingerprint density at radius 3 is 2.35 bits per heavy atom. The van der Waals surface area contributed by atoms with Gasteiger partial charge in [0.1, 0.15) is 17.9 Å². The van der Waals surface area contributed by atoms with Crippen molar-refractivity contribution in [3.8, 4) is 0 Å². The quantitative estimate of drug-likeness (QED) is 0.277. The van der Waals surface area contributed by atoms with Crippen molar-refractivity contribution >= 4 is 50.3 Å². The van der Waals surface area contributed by atoms with Crippen molar-refractivity contribution in [1.29, 1.82) is 0 Å². The van der Waals surface area contributed by atoms with Crippen molar-refractivity contribution in [2.45, 2.75) is 51.2 Å². The molecule has 12 heteroatoms. The molecule has 40 heavy (non-hydrogen) atoms. The Labute approximate surface area is 238 Å². The molecule has 3 rings (SSSR count). The Kier molecular flexibility index (Phi) is 9.52. The number of ether oxygens (including phenoxy) is 2. The molecule has 0 unspecified atom stereocenters. The SMILES string of the molecule is Cc1cc(Cl)c2cc(C(=O)N[C@H](C)c3ccc(S(=O)(=O)CC(=O)OCCNC(=O)OC(C)(C)C)cc3)n(C)c2c1. The molecule has 3 aromatic rings. The Hall–Kier alpha value is -3.57. The third-order valence-electron chi connectivity index (χ3n) is 5.92. The summed E-state index contributed by atoms with van der Waals surface area (Å²) in [5.74, 6) is -2.10. The van der Waals surface area contributed by atoms with Crippen LogP contribution in [-0.2, 0) is 31.2 Å². The molecule has 2 N–H and O–H groups in total. The summed E-state index contributed by atoms with van der Waals surface area (Å²) in [4.78, 5) is 36.6. The highest BCUT2D eigenvalue weighted by Crippen LogP contribution is 2.28. The van der Waals surface area contributed by atoms with E-state index in [1.54, 1.807) is 57.5 Å². The summed E-state index contributed by atoms with van der Waals surface area (Å²) in [5.41, 5.74) is 2.27. The molecular weight excluding hydrogens is 558 g/mol. The fraction of sp³-hybridized carbons (Fsp3) is 0.393. The number of amides is 2. The number of rotatable bonds is 9. The largest absolute Gasteiger partial charge is 0.463 e. The highest BCUT2D eigenvalue weighted by Gasteiger charge is 2.22. The lowest BCUT2D eigenvalue weighted by Crippen LogP contribution is -2.34. The minimum absolute atomic E-state index is 0.0233. The van der Waals surface area contributed by atoms with Gasteiger partial charge in [-0.3, -0.25) is 9.59 Å². The first kappa shape index (κ1) is 31.0. The molecule has 0 aliphatic carbocycles. The molecule has 216 valence electrons. The molecule has 0 aliphatic rings. The number of hydrogen-bond acceptors (Lipinski definition) is 7. The van der Waals surface area contributed by atoms with E-state index < -0.39 is 39.3 Å². The smallest absolute Gasteiger partial charge is 0.407 e. The van der Waals surface area contributed by atoms with Gasteiger partial charge in [-0.1, -0.05) is 23.7 Å². The highest BCUT2D eigenvalue weighted by molar-refractivity contribution is 7.92. The number of alkyl carbamates (subject to hydrolysis) is 1. The van der Waals surface area contributed by atoms with Gasteiger partial charge in [0, 0.05) is 12.4 Å². The van der Waals surface area contributed by atoms with Gasteiger partial charge in [-0.2, -0.15) is 0 Å². The van der Waals surface area contributed by atoms with Crippen molar-refractivity contribution in [3.63, 3.8) is 0 Å². The van der Waals surface area contributed by atoms with E-state index in [0.717, 1.165) is 16.5 Å². The van der Waals surface area contributed by atoms with E-state index in [0.29, 0.717) is 16.3 Å². The predicted octanol–water partition coefficient (Wildman–Crippen LogP) is 4.47. The Bertz CT molecular complexity index is 1520. The summed E-state index contributed by atoms with van der Waals surface area (Å²) in [6.07, 6.45) is -0.668. The van der Waals surface area contributed by atoms with Crippen LogP contribution in [0.2, 0.25) is 5.02 Å². The van der Waals surface area contributed by atoms with Gasteiger partial charge in [0.25, 0.3) is 5.91 Å². The van der Waals surface area contributed by atoms with Gasteiger partial charge in [-0.15, -0.1) is 0 Å². The lowest BCUT2D eigenvalue weighted by molar-refractivity contribution is -0.140. The zero-order valence-corrected chi connectivity index (χ0v) is 24.9. The first-order valence-corrected chi connectivity index (χ1v) is 14.6. The fourth-order valence-corrected chi connectivity index (χ4v) is 5.40. The fourth-order valence-electron chi connectivity index (χ4n) is 3.97. The van der Waals surface area contributed by atoms with Gasteiger partial charge in [0.15, 0.2) is 15.6 Å². The van der Waals surface area contributed by atoms with E-state index in [2.05, 4.69) is 10.6 Å². The molecule has 0 saturated carbocycles. The number of carbonyl (C=O) groups is 3. The maximum atomic E-state index is 13.0. The molecule has 10 nitrogen and oxygen atoms in total. The Morgan fingerprint density at radius 2 is 1.73 bits per heavy atom. The van der Waals surface area contributed by atoms with Crippen LogP contribution in [0.5, 0.6) is 0 Å². The van der Waals surface area contributed by atoms with Gasteiger partial charge in [0.2, 0.25) is 0 Å². The number of aryl methyl sites for hydroxylation is 2. The molecule has 0 bridgehead atoms. The number of halogens is 1. The molecule has 0 fully saturated rings. The standard InChI is InChI=1S/C28H34ClN3O7S/c1-17-13-22(29)21-15-24(32(6)23(21)14-17)26(34)31-18(2)19-7-9-20(10-8-19)40(36,37)16-25(33)38-12-11-30-27(35)39-28(3,4)5/h7-10,13-15,18H,11-12,16H2,1-6H3,(H,30,35)(H,31,34)/t18-/m1/s1. The molecular formula is C28H34ClN3O7S. The average molecular weight is 592 g/mol. The molecule has 0 aliphatic heterocycles. The van der Waals surface area contributed by atoms with Crippen molar-refractivity contribution in [2.75, 3.05) is 18.9 Å². The molecule has 1 heterocycles. The van der Waals surface area contributed by atoms with Crippen LogP contribution in [0.25, 0.3) is 10.9 Å². The van der Waals surface area contributed by atoms with Crippen LogP contribution in [0.4, 0.5) is 4.79 Å². The summed E-state index contributed by atoms with van der Waals surface area (Å²) in [6, 6.07) is 11.0. The zero-order valence-electron chi connectivity index (χ0n) is 23.3. The van der Waals surface area contributed by atoms with Gasteiger partial charge in [-0.05, 0) is 76.1 Å². The monoisotopic (exact) mass is 591 g/mol. The second-order valence-electron chi connectivity index (χ2n) is 10.4. The summed E-state index contributed by atoms with van der Waals surface area (Å²) in [5, 5.41) is 6.68. The second kappa shape index (κ2) is 12.3. The predicted molar refractivity (Wildman–Crippen MR) is 152 cm³/mol. The van der Waals surface area contributed by atoms with E-state index in [4.69, 9.17) is 21.1 Å². The van der Waals surface area contributed by atoms with E-state index >= 15 is 0 Å². The number of nitrogens with zero attached hydrogens (tertiary/aromatic N) is 1. The number of sulfone groups is 1. The number of benzene rings is 2. The maximum absolute atomic E-state index is 13.0. The van der Waals surface area contributed by atoms with Gasteiger partial charge < -0.3 is 24.7 Å². The first-order valence-electron chi connectivity index (χ1n) is 12.6. The summed E-state index contributed by atoms with van der Waals surface area (Å²) < 4.78 is 37.1. The first-order chi connectivity index (χ1) is 18.6. The highest BCUT2D eigenvalue weighted by atomic mass is 35.5. The van der Waals surface area contributed by atoms with Crippen molar-refractivity contribution in [1.82, 2.24) is 15.2 Å². The minimum atomic E-state index is -3.96. The lowest BCUT2D eigenvalue weighted by atomic mass is 10.1. The number of nitrogens with one attached hydrogen (secondary N) is 2. The number of aromatic nitrogens is 1. The normalized spacial score (nSPS) is 12.6.